The molecular weight excluding hydrogens is 490 g/mol. The molecule has 1 aliphatic heterocycles. The van der Waals surface area contributed by atoms with Crippen LogP contribution >= 0.6 is 0 Å². The van der Waals surface area contributed by atoms with Crippen molar-refractivity contribution in [3.8, 4) is 11.1 Å². The van der Waals surface area contributed by atoms with Crippen LogP contribution in [0.25, 0.3) is 21.9 Å². The van der Waals surface area contributed by atoms with Gasteiger partial charge in [-0.05, 0) is 53.1 Å². The zero-order chi connectivity index (χ0) is 26.8. The summed E-state index contributed by atoms with van der Waals surface area (Å²) < 4.78 is 18.7. The van der Waals surface area contributed by atoms with Gasteiger partial charge in [0.1, 0.15) is 5.25 Å². The highest BCUT2D eigenvalue weighted by molar-refractivity contribution is 7.85. The van der Waals surface area contributed by atoms with Gasteiger partial charge in [0, 0.05) is 54.8 Å². The molecule has 2 unspecified atom stereocenters. The van der Waals surface area contributed by atoms with Crippen molar-refractivity contribution in [2.45, 2.75) is 38.5 Å². The lowest BCUT2D eigenvalue weighted by atomic mass is 10.00. The van der Waals surface area contributed by atoms with E-state index in [1.807, 2.05) is 38.1 Å². The van der Waals surface area contributed by atoms with E-state index < -0.39 is 22.0 Å². The molecule has 2 atom stereocenters. The SMILES string of the molecule is CC.CS(=O)C(CCn1ccc2cc(-c3ccc(CCN4CCOCC4)cc3)ccc2c1=O)C(=O)NO. The lowest BCUT2D eigenvalue weighted by molar-refractivity contribution is -0.128. The summed E-state index contributed by atoms with van der Waals surface area (Å²) in [5, 5.41) is 9.39. The van der Waals surface area contributed by atoms with Gasteiger partial charge in [0.2, 0.25) is 0 Å². The van der Waals surface area contributed by atoms with Gasteiger partial charge in [-0.15, -0.1) is 0 Å². The summed E-state index contributed by atoms with van der Waals surface area (Å²) in [6, 6.07) is 16.2. The van der Waals surface area contributed by atoms with Gasteiger partial charge in [0.05, 0.1) is 13.2 Å². The number of pyridine rings is 1. The number of fused-ring (bicyclic) bond motifs is 1. The standard InChI is InChI=1S/C26H31N3O5S.C2H6/c1-35(33)24(25(30)27-32)10-13-29-12-9-22-18-21(6-7-23(22)26(29)31)20-4-2-19(3-5-20)8-11-28-14-16-34-17-15-28;1-2/h2-7,9,12,18,24,32H,8,10-11,13-17H2,1H3,(H,27,30);1-2H3. The Morgan fingerprint density at radius 1 is 1.05 bits per heavy atom. The van der Waals surface area contributed by atoms with Crippen molar-refractivity contribution in [1.29, 1.82) is 0 Å². The minimum atomic E-state index is -1.46. The Morgan fingerprint density at radius 3 is 2.38 bits per heavy atom. The van der Waals surface area contributed by atoms with Crippen molar-refractivity contribution in [1.82, 2.24) is 14.9 Å². The number of carbonyl (C=O) groups excluding carboxylic acids is 1. The van der Waals surface area contributed by atoms with Crippen molar-refractivity contribution >= 4 is 27.5 Å². The Bertz CT molecular complexity index is 1250. The second-order valence-electron chi connectivity index (χ2n) is 8.77. The molecule has 0 aliphatic carbocycles. The Hall–Kier alpha value is -2.85. The molecule has 4 rings (SSSR count). The Morgan fingerprint density at radius 2 is 1.73 bits per heavy atom. The highest BCUT2D eigenvalue weighted by Crippen LogP contribution is 2.24. The molecule has 2 N–H and O–H groups in total. The molecular formula is C28H37N3O5S. The number of nitrogens with zero attached hydrogens (tertiary/aromatic N) is 2. The average Bonchev–Trinajstić information content (AvgIpc) is 2.94. The fourth-order valence-electron chi connectivity index (χ4n) is 4.40. The first-order chi connectivity index (χ1) is 18.0. The first-order valence-corrected chi connectivity index (χ1v) is 14.4. The normalized spacial score (nSPS) is 15.5. The number of aromatic nitrogens is 1. The predicted octanol–water partition coefficient (Wildman–Crippen LogP) is 3.21. The fraction of sp³-hybridized carbons (Fsp3) is 0.429. The Balaban J connectivity index is 0.00000186. The van der Waals surface area contributed by atoms with Crippen LogP contribution < -0.4 is 11.0 Å². The van der Waals surface area contributed by atoms with Gasteiger partial charge in [-0.2, -0.15) is 0 Å². The first kappa shape index (κ1) is 28.7. The summed E-state index contributed by atoms with van der Waals surface area (Å²) >= 11 is 0. The van der Waals surface area contributed by atoms with Gasteiger partial charge in [-0.1, -0.05) is 44.2 Å². The fourth-order valence-corrected chi connectivity index (χ4v) is 5.19. The number of hydrogen-bond acceptors (Lipinski definition) is 6. The van der Waals surface area contributed by atoms with Crippen molar-refractivity contribution in [3.05, 3.63) is 70.6 Å². The second-order valence-corrected chi connectivity index (χ2v) is 10.3. The molecule has 0 saturated carbocycles. The van der Waals surface area contributed by atoms with Gasteiger partial charge < -0.3 is 9.30 Å². The summed E-state index contributed by atoms with van der Waals surface area (Å²) in [4.78, 5) is 27.1. The van der Waals surface area contributed by atoms with Crippen molar-refractivity contribution in [2.24, 2.45) is 0 Å². The van der Waals surface area contributed by atoms with Crippen LogP contribution in [0.4, 0.5) is 0 Å². The Kier molecular flexibility index (Phi) is 11.0. The van der Waals surface area contributed by atoms with Gasteiger partial charge in [0.15, 0.2) is 0 Å². The van der Waals surface area contributed by atoms with Gasteiger partial charge in [0.25, 0.3) is 11.5 Å². The third-order valence-corrected chi connectivity index (χ3v) is 7.77. The smallest absolute Gasteiger partial charge is 0.259 e. The van der Waals surface area contributed by atoms with E-state index in [1.54, 1.807) is 11.7 Å². The minimum Gasteiger partial charge on any atom is -0.379 e. The number of hydroxylamine groups is 1. The summed E-state index contributed by atoms with van der Waals surface area (Å²) in [6.07, 6.45) is 4.28. The molecule has 1 aliphatic rings. The molecule has 200 valence electrons. The maximum Gasteiger partial charge on any atom is 0.259 e. The molecule has 2 aromatic carbocycles. The number of morpholine rings is 1. The van der Waals surface area contributed by atoms with Crippen LogP contribution in [0, 0.1) is 0 Å². The number of benzene rings is 2. The molecule has 9 heteroatoms. The molecule has 0 spiro atoms. The first-order valence-electron chi connectivity index (χ1n) is 12.7. The van der Waals surface area contributed by atoms with E-state index in [9.17, 15) is 13.8 Å². The number of carbonyl (C=O) groups is 1. The maximum atomic E-state index is 13.0. The van der Waals surface area contributed by atoms with Gasteiger partial charge in [-0.3, -0.25) is 23.9 Å². The van der Waals surface area contributed by atoms with Crippen LogP contribution in [0.3, 0.4) is 0 Å². The van der Waals surface area contributed by atoms with Crippen molar-refractivity contribution < 1.29 is 18.9 Å². The highest BCUT2D eigenvalue weighted by Gasteiger charge is 2.22. The number of aryl methyl sites for hydroxylation is 1. The summed E-state index contributed by atoms with van der Waals surface area (Å²) in [5.74, 6) is -0.712. The largest absolute Gasteiger partial charge is 0.379 e. The summed E-state index contributed by atoms with van der Waals surface area (Å²) in [6.45, 7) is 8.87. The lowest BCUT2D eigenvalue weighted by Gasteiger charge is -2.26. The molecule has 3 aromatic rings. The van der Waals surface area contributed by atoms with Crippen molar-refractivity contribution in [3.63, 3.8) is 0 Å². The van der Waals surface area contributed by atoms with E-state index in [2.05, 4.69) is 29.2 Å². The molecule has 0 bridgehead atoms. The van der Waals surface area contributed by atoms with E-state index in [-0.39, 0.29) is 18.5 Å². The number of nitrogens with one attached hydrogen (secondary N) is 1. The number of hydrogen-bond donors (Lipinski definition) is 2. The zero-order valence-corrected chi connectivity index (χ0v) is 22.6. The van der Waals surface area contributed by atoms with E-state index in [4.69, 9.17) is 9.94 Å². The van der Waals surface area contributed by atoms with Crippen LogP contribution in [0.1, 0.15) is 25.8 Å². The Labute approximate surface area is 220 Å². The molecule has 2 heterocycles. The van der Waals surface area contributed by atoms with E-state index in [1.165, 1.54) is 16.4 Å². The molecule has 0 radical (unpaired) electrons. The van der Waals surface area contributed by atoms with E-state index in [0.29, 0.717) is 5.39 Å². The maximum absolute atomic E-state index is 13.0. The topological polar surface area (TPSA) is 101 Å². The number of rotatable bonds is 9. The third kappa shape index (κ3) is 7.58. The van der Waals surface area contributed by atoms with Crippen LogP contribution in [-0.4, -0.2) is 69.1 Å². The van der Waals surface area contributed by atoms with Crippen LogP contribution in [0.2, 0.25) is 0 Å². The van der Waals surface area contributed by atoms with Crippen molar-refractivity contribution in [2.75, 3.05) is 39.1 Å². The van der Waals surface area contributed by atoms with Crippen LogP contribution in [-0.2, 0) is 33.3 Å². The monoisotopic (exact) mass is 527 g/mol. The highest BCUT2D eigenvalue weighted by atomic mass is 32.2. The lowest BCUT2D eigenvalue weighted by Crippen LogP contribution is -2.37. The minimum absolute atomic E-state index is 0.169. The average molecular weight is 528 g/mol. The van der Waals surface area contributed by atoms with Crippen LogP contribution in [0.15, 0.2) is 59.5 Å². The number of amides is 1. The van der Waals surface area contributed by atoms with Gasteiger partial charge in [-0.25, -0.2) is 5.48 Å². The van der Waals surface area contributed by atoms with Gasteiger partial charge >= 0.3 is 0 Å². The molecule has 8 nitrogen and oxygen atoms in total. The third-order valence-electron chi connectivity index (χ3n) is 6.52. The van der Waals surface area contributed by atoms with E-state index in [0.717, 1.165) is 55.8 Å². The summed E-state index contributed by atoms with van der Waals surface area (Å²) in [5.41, 5.74) is 4.81. The predicted molar refractivity (Wildman–Crippen MR) is 148 cm³/mol. The molecule has 1 fully saturated rings. The molecule has 1 amide bonds. The molecule has 1 aromatic heterocycles. The molecule has 37 heavy (non-hydrogen) atoms. The number of ether oxygens (including phenoxy) is 1. The van der Waals surface area contributed by atoms with Crippen LogP contribution in [0.5, 0.6) is 0 Å². The second kappa shape index (κ2) is 14.2. The zero-order valence-electron chi connectivity index (χ0n) is 21.8. The van der Waals surface area contributed by atoms with E-state index >= 15 is 0 Å². The molecule has 1 saturated heterocycles. The quantitative estimate of drug-likeness (QED) is 0.327. The summed E-state index contributed by atoms with van der Waals surface area (Å²) in [7, 11) is -1.46.